The van der Waals surface area contributed by atoms with Gasteiger partial charge in [-0.2, -0.15) is 4.39 Å². The van der Waals surface area contributed by atoms with Crippen molar-refractivity contribution >= 4 is 23.6 Å². The fourth-order valence-corrected chi connectivity index (χ4v) is 3.57. The second-order valence-electron chi connectivity index (χ2n) is 7.46. The van der Waals surface area contributed by atoms with Crippen LogP contribution < -0.4 is 16.1 Å². The number of halogens is 1. The molecule has 1 aliphatic rings. The van der Waals surface area contributed by atoms with Crippen LogP contribution in [0.25, 0.3) is 11.3 Å². The minimum Gasteiger partial charge on any atom is -0.368 e. The molecule has 0 atom stereocenters. The minimum absolute atomic E-state index is 0.205. The molecule has 0 radical (unpaired) electrons. The largest absolute Gasteiger partial charge is 0.368 e. The van der Waals surface area contributed by atoms with Gasteiger partial charge in [-0.15, -0.1) is 0 Å². The van der Waals surface area contributed by atoms with E-state index in [-0.39, 0.29) is 5.84 Å². The molecule has 0 unspecified atom stereocenters. The van der Waals surface area contributed by atoms with E-state index in [0.29, 0.717) is 48.1 Å². The Kier molecular flexibility index (Phi) is 8.86. The smallest absolute Gasteiger partial charge is 0.212 e. The molecule has 1 fully saturated rings. The first-order valence-electron chi connectivity index (χ1n) is 10.6. The van der Waals surface area contributed by atoms with E-state index < -0.39 is 5.95 Å². The van der Waals surface area contributed by atoms with E-state index in [4.69, 9.17) is 9.82 Å². The van der Waals surface area contributed by atoms with Crippen molar-refractivity contribution in [3.63, 3.8) is 0 Å². The predicted octanol–water partition coefficient (Wildman–Crippen LogP) is 3.24. The van der Waals surface area contributed by atoms with Gasteiger partial charge >= 0.3 is 0 Å². The summed E-state index contributed by atoms with van der Waals surface area (Å²) in [5.74, 6) is 0.845. The SMILES string of the molecule is CONCCN/C(C=O)=N/c1ccc(-c2ccc(F)nc2)nc1NCC1CCCCC1. The van der Waals surface area contributed by atoms with Crippen molar-refractivity contribution in [2.75, 3.05) is 32.1 Å². The number of pyridine rings is 2. The summed E-state index contributed by atoms with van der Waals surface area (Å²) in [6, 6.07) is 6.53. The van der Waals surface area contributed by atoms with Crippen molar-refractivity contribution in [2.45, 2.75) is 32.1 Å². The average molecular weight is 429 g/mol. The summed E-state index contributed by atoms with van der Waals surface area (Å²) in [4.78, 5) is 29.1. The van der Waals surface area contributed by atoms with Crippen molar-refractivity contribution in [1.29, 1.82) is 0 Å². The van der Waals surface area contributed by atoms with Gasteiger partial charge in [0.25, 0.3) is 0 Å². The Bertz CT molecular complexity index is 869. The Morgan fingerprint density at radius 3 is 2.77 bits per heavy atom. The molecular weight excluding hydrogens is 399 g/mol. The predicted molar refractivity (Wildman–Crippen MR) is 119 cm³/mol. The van der Waals surface area contributed by atoms with Crippen LogP contribution in [0.5, 0.6) is 0 Å². The minimum atomic E-state index is -0.537. The number of rotatable bonds is 10. The Hall–Kier alpha value is -2.91. The molecule has 2 aromatic rings. The van der Waals surface area contributed by atoms with E-state index in [0.717, 1.165) is 6.54 Å². The number of hydrogen-bond donors (Lipinski definition) is 3. The van der Waals surface area contributed by atoms with Gasteiger partial charge < -0.3 is 15.5 Å². The lowest BCUT2D eigenvalue weighted by molar-refractivity contribution is -0.102. The fourth-order valence-electron chi connectivity index (χ4n) is 3.57. The van der Waals surface area contributed by atoms with Gasteiger partial charge in [0, 0.05) is 31.4 Å². The second kappa shape index (κ2) is 12.1. The van der Waals surface area contributed by atoms with Crippen LogP contribution in [-0.4, -0.2) is 48.8 Å². The van der Waals surface area contributed by atoms with Crippen LogP contribution in [0.1, 0.15) is 32.1 Å². The molecule has 3 rings (SSSR count). The second-order valence-corrected chi connectivity index (χ2v) is 7.46. The Balaban J connectivity index is 1.82. The molecule has 166 valence electrons. The average Bonchev–Trinajstić information content (AvgIpc) is 2.81. The van der Waals surface area contributed by atoms with Crippen molar-refractivity contribution in [2.24, 2.45) is 10.9 Å². The molecule has 2 aromatic heterocycles. The van der Waals surface area contributed by atoms with Gasteiger partial charge in [-0.3, -0.25) is 4.79 Å². The van der Waals surface area contributed by atoms with Crippen LogP contribution in [0.3, 0.4) is 0 Å². The molecule has 3 N–H and O–H groups in total. The zero-order chi connectivity index (χ0) is 21.9. The van der Waals surface area contributed by atoms with E-state index in [1.165, 1.54) is 51.5 Å². The zero-order valence-electron chi connectivity index (χ0n) is 17.7. The third kappa shape index (κ3) is 7.08. The van der Waals surface area contributed by atoms with E-state index in [1.807, 2.05) is 0 Å². The zero-order valence-corrected chi connectivity index (χ0v) is 17.7. The number of hydroxylamine groups is 1. The Labute approximate surface area is 181 Å². The Morgan fingerprint density at radius 2 is 2.06 bits per heavy atom. The number of amidine groups is 1. The first-order valence-corrected chi connectivity index (χ1v) is 10.6. The van der Waals surface area contributed by atoms with Gasteiger partial charge in [0.05, 0.1) is 12.8 Å². The molecule has 0 aliphatic heterocycles. The van der Waals surface area contributed by atoms with E-state index >= 15 is 0 Å². The summed E-state index contributed by atoms with van der Waals surface area (Å²) in [6.45, 7) is 1.79. The van der Waals surface area contributed by atoms with Crippen LogP contribution >= 0.6 is 0 Å². The number of aliphatic imine (C=N–C) groups is 1. The molecule has 1 saturated carbocycles. The fraction of sp³-hybridized carbons (Fsp3) is 0.455. The molecule has 0 spiro atoms. The van der Waals surface area contributed by atoms with Gasteiger partial charge in [0.15, 0.2) is 17.9 Å². The monoisotopic (exact) mass is 428 g/mol. The molecule has 2 heterocycles. The van der Waals surface area contributed by atoms with Gasteiger partial charge in [0.1, 0.15) is 5.69 Å². The highest BCUT2D eigenvalue weighted by atomic mass is 19.1. The maximum Gasteiger partial charge on any atom is 0.212 e. The van der Waals surface area contributed by atoms with Gasteiger partial charge in [-0.05, 0) is 43.0 Å². The molecular formula is C22H29FN6O2. The molecule has 0 aromatic carbocycles. The highest BCUT2D eigenvalue weighted by Crippen LogP contribution is 2.29. The Morgan fingerprint density at radius 1 is 1.23 bits per heavy atom. The first kappa shape index (κ1) is 22.8. The lowest BCUT2D eigenvalue weighted by Crippen LogP contribution is -2.32. The van der Waals surface area contributed by atoms with Gasteiger partial charge in [-0.1, -0.05) is 19.3 Å². The number of hydrogen-bond acceptors (Lipinski definition) is 7. The number of aldehydes is 1. The lowest BCUT2D eigenvalue weighted by Gasteiger charge is -2.22. The van der Waals surface area contributed by atoms with Crippen LogP contribution in [-0.2, 0) is 9.63 Å². The topological polar surface area (TPSA) is 101 Å². The maximum atomic E-state index is 13.2. The van der Waals surface area contributed by atoms with E-state index in [9.17, 15) is 9.18 Å². The first-order chi connectivity index (χ1) is 15.2. The van der Waals surface area contributed by atoms with Gasteiger partial charge in [-0.25, -0.2) is 20.4 Å². The third-order valence-corrected chi connectivity index (χ3v) is 5.21. The quantitative estimate of drug-likeness (QED) is 0.133. The number of anilines is 1. The molecule has 0 bridgehead atoms. The highest BCUT2D eigenvalue weighted by Gasteiger charge is 2.15. The van der Waals surface area contributed by atoms with Crippen LogP contribution in [0.15, 0.2) is 35.5 Å². The molecule has 0 amide bonds. The van der Waals surface area contributed by atoms with Crippen LogP contribution in [0, 0.1) is 11.9 Å². The number of carbonyl (C=O) groups is 1. The van der Waals surface area contributed by atoms with E-state index in [2.05, 4.69) is 26.1 Å². The number of carbonyl (C=O) groups excluding carboxylic acids is 1. The van der Waals surface area contributed by atoms with Crippen molar-refractivity contribution in [1.82, 2.24) is 20.8 Å². The van der Waals surface area contributed by atoms with Crippen molar-refractivity contribution in [3.8, 4) is 11.3 Å². The summed E-state index contributed by atoms with van der Waals surface area (Å²) >= 11 is 0. The summed E-state index contributed by atoms with van der Waals surface area (Å²) < 4.78 is 13.2. The molecule has 8 nitrogen and oxygen atoms in total. The van der Waals surface area contributed by atoms with E-state index in [1.54, 1.807) is 18.2 Å². The third-order valence-electron chi connectivity index (χ3n) is 5.21. The maximum absolute atomic E-state index is 13.2. The van der Waals surface area contributed by atoms with Gasteiger partial charge in [0.2, 0.25) is 5.95 Å². The molecule has 31 heavy (non-hydrogen) atoms. The summed E-state index contributed by atoms with van der Waals surface area (Å²) in [5, 5.41) is 6.39. The molecule has 0 saturated heterocycles. The summed E-state index contributed by atoms with van der Waals surface area (Å²) in [6.07, 6.45) is 8.31. The molecule has 9 heteroatoms. The summed E-state index contributed by atoms with van der Waals surface area (Å²) in [7, 11) is 1.53. The number of nitrogens with one attached hydrogen (secondary N) is 3. The number of aromatic nitrogens is 2. The molecule has 1 aliphatic carbocycles. The normalized spacial score (nSPS) is 15.0. The van der Waals surface area contributed by atoms with Crippen molar-refractivity contribution in [3.05, 3.63) is 36.4 Å². The van der Waals surface area contributed by atoms with Crippen LogP contribution in [0.4, 0.5) is 15.9 Å². The highest BCUT2D eigenvalue weighted by molar-refractivity contribution is 6.27. The summed E-state index contributed by atoms with van der Waals surface area (Å²) in [5.41, 5.74) is 4.62. The lowest BCUT2D eigenvalue weighted by atomic mass is 9.89. The van der Waals surface area contributed by atoms with Crippen LogP contribution in [0.2, 0.25) is 0 Å². The number of nitrogens with zero attached hydrogens (tertiary/aromatic N) is 3. The van der Waals surface area contributed by atoms with Crippen molar-refractivity contribution < 1.29 is 14.0 Å². The standard InChI is InChI=1S/C22H29FN6O2/c1-31-27-12-11-24-21(15-30)28-19-9-8-18(17-7-10-20(23)25-14-17)29-22(19)26-13-16-5-3-2-4-6-16/h7-10,14-16,27H,2-6,11-13H2,1H3,(H,24,28)(H,26,29).